The second-order valence-corrected chi connectivity index (χ2v) is 5.37. The summed E-state index contributed by atoms with van der Waals surface area (Å²) in [7, 11) is 4.07. The fourth-order valence-electron chi connectivity index (χ4n) is 1.42. The molecular weight excluding hydrogens is 220 g/mol. The maximum absolute atomic E-state index is 11.5. The zero-order valence-electron chi connectivity index (χ0n) is 10.4. The predicted molar refractivity (Wildman–Crippen MR) is 68.6 cm³/mol. The maximum atomic E-state index is 11.5. The van der Waals surface area contributed by atoms with E-state index in [0.717, 1.165) is 0 Å². The molecule has 0 bridgehead atoms. The lowest BCUT2D eigenvalue weighted by Gasteiger charge is -2.24. The van der Waals surface area contributed by atoms with E-state index in [0.29, 0.717) is 6.54 Å². The van der Waals surface area contributed by atoms with E-state index in [4.69, 9.17) is 0 Å². The first kappa shape index (κ1) is 13.2. The molecule has 1 aromatic rings. The van der Waals surface area contributed by atoms with Gasteiger partial charge in [0.05, 0.1) is 6.04 Å². The monoisotopic (exact) mass is 240 g/mol. The Morgan fingerprint density at radius 3 is 2.62 bits per heavy atom. The van der Waals surface area contributed by atoms with Gasteiger partial charge in [0.1, 0.15) is 0 Å². The Kier molecular flexibility index (Phi) is 4.96. The third-order valence-electron chi connectivity index (χ3n) is 2.49. The van der Waals surface area contributed by atoms with Gasteiger partial charge in [0.25, 0.3) is 0 Å². The van der Waals surface area contributed by atoms with Crippen LogP contribution in [0, 0.1) is 5.92 Å². The topological polar surface area (TPSA) is 32.3 Å². The van der Waals surface area contributed by atoms with Crippen molar-refractivity contribution >= 4 is 17.2 Å². The highest BCUT2D eigenvalue weighted by molar-refractivity contribution is 7.10. The first-order chi connectivity index (χ1) is 7.52. The largest absolute Gasteiger partial charge is 0.354 e. The Balaban J connectivity index is 2.57. The number of nitrogens with one attached hydrogen (secondary N) is 1. The molecule has 1 unspecified atom stereocenters. The third-order valence-corrected chi connectivity index (χ3v) is 3.46. The summed E-state index contributed by atoms with van der Waals surface area (Å²) in [4.78, 5) is 14.9. The zero-order valence-corrected chi connectivity index (χ0v) is 11.2. The lowest BCUT2D eigenvalue weighted by atomic mass is 10.2. The predicted octanol–water partition coefficient (Wildman–Crippen LogP) is 2.12. The van der Waals surface area contributed by atoms with Gasteiger partial charge in [-0.25, -0.2) is 0 Å². The van der Waals surface area contributed by atoms with Gasteiger partial charge in [-0.15, -0.1) is 11.3 Å². The van der Waals surface area contributed by atoms with E-state index in [9.17, 15) is 4.79 Å². The molecule has 0 saturated carbocycles. The molecule has 0 aliphatic heterocycles. The standard InChI is InChI=1S/C12H20N2OS/c1-9(2)12(15)13-8-10(14(3)4)11-6-5-7-16-11/h5-7,9-10H,8H2,1-4H3,(H,13,15). The van der Waals surface area contributed by atoms with Crippen molar-refractivity contribution in [1.29, 1.82) is 0 Å². The minimum absolute atomic E-state index is 0.0474. The Labute approximate surface area is 101 Å². The average molecular weight is 240 g/mol. The minimum atomic E-state index is 0.0474. The summed E-state index contributed by atoms with van der Waals surface area (Å²) in [5.74, 6) is 0.162. The first-order valence-electron chi connectivity index (χ1n) is 5.50. The van der Waals surface area contributed by atoms with Gasteiger partial charge < -0.3 is 10.2 Å². The van der Waals surface area contributed by atoms with E-state index in [1.54, 1.807) is 11.3 Å². The zero-order chi connectivity index (χ0) is 12.1. The number of likely N-dealkylation sites (N-methyl/N-ethyl adjacent to an activating group) is 1. The van der Waals surface area contributed by atoms with Crippen LogP contribution in [0.15, 0.2) is 17.5 Å². The van der Waals surface area contributed by atoms with Crippen LogP contribution in [0.1, 0.15) is 24.8 Å². The number of hydrogen-bond acceptors (Lipinski definition) is 3. The quantitative estimate of drug-likeness (QED) is 0.855. The summed E-state index contributed by atoms with van der Waals surface area (Å²) in [6.07, 6.45) is 0. The van der Waals surface area contributed by atoms with Crippen molar-refractivity contribution in [1.82, 2.24) is 10.2 Å². The van der Waals surface area contributed by atoms with Crippen molar-refractivity contribution in [3.8, 4) is 0 Å². The molecule has 3 nitrogen and oxygen atoms in total. The summed E-state index contributed by atoms with van der Waals surface area (Å²) in [6.45, 7) is 4.49. The normalized spacial score (nSPS) is 13.1. The van der Waals surface area contributed by atoms with Crippen LogP contribution >= 0.6 is 11.3 Å². The summed E-state index contributed by atoms with van der Waals surface area (Å²) >= 11 is 1.73. The molecule has 1 N–H and O–H groups in total. The van der Waals surface area contributed by atoms with E-state index >= 15 is 0 Å². The Morgan fingerprint density at radius 2 is 2.19 bits per heavy atom. The average Bonchev–Trinajstić information content (AvgIpc) is 2.70. The SMILES string of the molecule is CC(C)C(=O)NCC(c1cccs1)N(C)C. The van der Waals surface area contributed by atoms with E-state index in [1.807, 2.05) is 34.0 Å². The molecule has 90 valence electrons. The van der Waals surface area contributed by atoms with Gasteiger partial charge in [-0.2, -0.15) is 0 Å². The van der Waals surface area contributed by atoms with Gasteiger partial charge in [0.15, 0.2) is 0 Å². The van der Waals surface area contributed by atoms with Crippen molar-refractivity contribution in [3.05, 3.63) is 22.4 Å². The summed E-state index contributed by atoms with van der Waals surface area (Å²) in [5.41, 5.74) is 0. The van der Waals surface area contributed by atoms with Crippen molar-refractivity contribution in [2.75, 3.05) is 20.6 Å². The van der Waals surface area contributed by atoms with Gasteiger partial charge >= 0.3 is 0 Å². The van der Waals surface area contributed by atoms with E-state index in [2.05, 4.69) is 21.7 Å². The molecule has 1 rings (SSSR count). The van der Waals surface area contributed by atoms with Crippen LogP contribution in [-0.4, -0.2) is 31.4 Å². The number of amides is 1. The molecule has 0 spiro atoms. The number of rotatable bonds is 5. The third kappa shape index (κ3) is 3.61. The Bertz CT molecular complexity index is 320. The summed E-state index contributed by atoms with van der Waals surface area (Å²) in [6, 6.07) is 4.42. The van der Waals surface area contributed by atoms with Crippen LogP contribution in [0.5, 0.6) is 0 Å². The van der Waals surface area contributed by atoms with Crippen LogP contribution in [0.4, 0.5) is 0 Å². The highest BCUT2D eigenvalue weighted by atomic mass is 32.1. The fourth-order valence-corrected chi connectivity index (χ4v) is 2.34. The molecule has 1 atom stereocenters. The molecule has 16 heavy (non-hydrogen) atoms. The van der Waals surface area contributed by atoms with E-state index in [1.165, 1.54) is 4.88 Å². The summed E-state index contributed by atoms with van der Waals surface area (Å²) < 4.78 is 0. The second-order valence-electron chi connectivity index (χ2n) is 4.39. The Hall–Kier alpha value is -0.870. The van der Waals surface area contributed by atoms with Gasteiger partial charge in [0.2, 0.25) is 5.91 Å². The van der Waals surface area contributed by atoms with Crippen LogP contribution in [-0.2, 0) is 4.79 Å². The first-order valence-corrected chi connectivity index (χ1v) is 6.38. The van der Waals surface area contributed by atoms with Crippen LogP contribution in [0.3, 0.4) is 0 Å². The van der Waals surface area contributed by atoms with Gasteiger partial charge in [0, 0.05) is 17.3 Å². The van der Waals surface area contributed by atoms with Gasteiger partial charge in [-0.1, -0.05) is 19.9 Å². The molecule has 4 heteroatoms. The second kappa shape index (κ2) is 6.01. The molecule has 0 aliphatic carbocycles. The number of hydrogen-bond donors (Lipinski definition) is 1. The van der Waals surface area contributed by atoms with Crippen LogP contribution in [0.2, 0.25) is 0 Å². The fraction of sp³-hybridized carbons (Fsp3) is 0.583. The van der Waals surface area contributed by atoms with Crippen molar-refractivity contribution in [3.63, 3.8) is 0 Å². The van der Waals surface area contributed by atoms with Crippen molar-refractivity contribution < 1.29 is 4.79 Å². The molecule has 1 amide bonds. The molecule has 0 radical (unpaired) electrons. The number of carbonyl (C=O) groups excluding carboxylic acids is 1. The van der Waals surface area contributed by atoms with Crippen LogP contribution in [0.25, 0.3) is 0 Å². The lowest BCUT2D eigenvalue weighted by molar-refractivity contribution is -0.124. The highest BCUT2D eigenvalue weighted by Crippen LogP contribution is 2.22. The van der Waals surface area contributed by atoms with Crippen molar-refractivity contribution in [2.24, 2.45) is 5.92 Å². The molecule has 0 aliphatic rings. The number of carbonyl (C=O) groups is 1. The molecular formula is C12H20N2OS. The smallest absolute Gasteiger partial charge is 0.222 e. The Morgan fingerprint density at radius 1 is 1.50 bits per heavy atom. The summed E-state index contributed by atoms with van der Waals surface area (Å²) in [5, 5.41) is 5.04. The van der Waals surface area contributed by atoms with Crippen molar-refractivity contribution in [2.45, 2.75) is 19.9 Å². The lowest BCUT2D eigenvalue weighted by Crippen LogP contribution is -2.36. The highest BCUT2D eigenvalue weighted by Gasteiger charge is 2.16. The van der Waals surface area contributed by atoms with E-state index in [-0.39, 0.29) is 17.9 Å². The molecule has 0 saturated heterocycles. The molecule has 1 aromatic heterocycles. The van der Waals surface area contributed by atoms with Gasteiger partial charge in [-0.05, 0) is 25.5 Å². The molecule has 1 heterocycles. The van der Waals surface area contributed by atoms with E-state index < -0.39 is 0 Å². The minimum Gasteiger partial charge on any atom is -0.354 e. The van der Waals surface area contributed by atoms with Gasteiger partial charge in [-0.3, -0.25) is 4.79 Å². The molecule has 0 aromatic carbocycles. The number of thiophene rings is 1. The maximum Gasteiger partial charge on any atom is 0.222 e. The number of nitrogens with zero attached hydrogens (tertiary/aromatic N) is 1. The van der Waals surface area contributed by atoms with Crippen LogP contribution < -0.4 is 5.32 Å². The molecule has 0 fully saturated rings.